The summed E-state index contributed by atoms with van der Waals surface area (Å²) in [5.41, 5.74) is 5.90. The van der Waals surface area contributed by atoms with Gasteiger partial charge in [-0.3, -0.25) is 20.4 Å². The number of nitrogens with zero attached hydrogens (tertiary/aromatic N) is 2. The highest BCUT2D eigenvalue weighted by Gasteiger charge is 2.19. The molecule has 0 atom stereocenters. The fraction of sp³-hybridized carbons (Fsp3) is 0.312. The monoisotopic (exact) mass is 380 g/mol. The summed E-state index contributed by atoms with van der Waals surface area (Å²) in [5, 5.41) is 3.76. The Balaban J connectivity index is 2.03. The zero-order valence-electron chi connectivity index (χ0n) is 14.9. The molecule has 0 saturated heterocycles. The Morgan fingerprint density at radius 2 is 1.88 bits per heavy atom. The minimum atomic E-state index is -3.66. The highest BCUT2D eigenvalue weighted by Crippen LogP contribution is 2.15. The van der Waals surface area contributed by atoms with Gasteiger partial charge in [0.15, 0.2) is 0 Å². The van der Waals surface area contributed by atoms with Crippen molar-refractivity contribution >= 4 is 21.8 Å². The van der Waals surface area contributed by atoms with Gasteiger partial charge in [-0.15, -0.1) is 0 Å². The van der Waals surface area contributed by atoms with E-state index in [1.807, 2.05) is 0 Å². The van der Waals surface area contributed by atoms with Crippen molar-refractivity contribution in [3.63, 3.8) is 0 Å². The van der Waals surface area contributed by atoms with Crippen LogP contribution in [0.5, 0.6) is 0 Å². The molecular weight excluding hydrogens is 360 g/mol. The van der Waals surface area contributed by atoms with E-state index >= 15 is 0 Å². The molecule has 0 aliphatic heterocycles. The fourth-order valence-corrected chi connectivity index (χ4v) is 3.11. The highest BCUT2D eigenvalue weighted by atomic mass is 32.2. The third-order valence-electron chi connectivity index (χ3n) is 3.71. The number of carbonyl (C=O) groups is 2. The molecule has 2 N–H and O–H groups in total. The second-order valence-corrected chi connectivity index (χ2v) is 7.95. The number of benzene rings is 1. The van der Waals surface area contributed by atoms with Crippen molar-refractivity contribution in [3.8, 4) is 0 Å². The molecule has 26 heavy (non-hydrogen) atoms. The molecule has 1 aromatic heterocycles. The van der Waals surface area contributed by atoms with Crippen molar-refractivity contribution in [2.45, 2.75) is 25.2 Å². The van der Waals surface area contributed by atoms with Crippen LogP contribution in [0.4, 0.5) is 0 Å². The SMILES string of the molecule is Cc1noc(C)c1CC(=O)NNC(=O)c1cccc(S(=O)(=O)N(C)C)c1. The first kappa shape index (κ1) is 19.6. The molecule has 0 fully saturated rings. The lowest BCUT2D eigenvalue weighted by Crippen LogP contribution is -2.42. The summed E-state index contributed by atoms with van der Waals surface area (Å²) in [6.07, 6.45) is -0.00348. The summed E-state index contributed by atoms with van der Waals surface area (Å²) < 4.78 is 30.3. The molecule has 2 aromatic rings. The molecule has 2 rings (SSSR count). The van der Waals surface area contributed by atoms with Crippen LogP contribution in [0.2, 0.25) is 0 Å². The Morgan fingerprint density at radius 3 is 2.46 bits per heavy atom. The first-order chi connectivity index (χ1) is 12.1. The summed E-state index contributed by atoms with van der Waals surface area (Å²) in [6.45, 7) is 3.41. The van der Waals surface area contributed by atoms with Crippen molar-refractivity contribution in [2.24, 2.45) is 0 Å². The number of hydrazine groups is 1. The van der Waals surface area contributed by atoms with E-state index in [-0.39, 0.29) is 16.9 Å². The Hall–Kier alpha value is -2.72. The summed E-state index contributed by atoms with van der Waals surface area (Å²) in [5.74, 6) is -0.552. The van der Waals surface area contributed by atoms with E-state index < -0.39 is 21.8 Å². The van der Waals surface area contributed by atoms with Gasteiger partial charge in [-0.05, 0) is 32.0 Å². The Morgan fingerprint density at radius 1 is 1.19 bits per heavy atom. The number of nitrogens with one attached hydrogen (secondary N) is 2. The van der Waals surface area contributed by atoms with Crippen LogP contribution in [0.1, 0.15) is 27.4 Å². The molecule has 0 radical (unpaired) electrons. The standard InChI is InChI=1S/C16H20N4O5S/c1-10-14(11(2)25-19-10)9-15(21)17-18-16(22)12-6-5-7-13(8-12)26(23,24)20(3)4/h5-8H,9H2,1-4H3,(H,17,21)(H,18,22). The average Bonchev–Trinajstić information content (AvgIpc) is 2.91. The van der Waals surface area contributed by atoms with Crippen LogP contribution < -0.4 is 10.9 Å². The van der Waals surface area contributed by atoms with Crippen molar-refractivity contribution in [1.29, 1.82) is 0 Å². The lowest BCUT2D eigenvalue weighted by atomic mass is 10.1. The number of rotatable bonds is 5. The molecular formula is C16H20N4O5S. The number of sulfonamides is 1. The Kier molecular flexibility index (Phi) is 5.78. The van der Waals surface area contributed by atoms with Gasteiger partial charge in [0.2, 0.25) is 15.9 Å². The van der Waals surface area contributed by atoms with E-state index in [2.05, 4.69) is 16.0 Å². The van der Waals surface area contributed by atoms with Gasteiger partial charge in [0.25, 0.3) is 5.91 Å². The smallest absolute Gasteiger partial charge is 0.269 e. The van der Waals surface area contributed by atoms with E-state index in [9.17, 15) is 18.0 Å². The molecule has 0 aliphatic rings. The van der Waals surface area contributed by atoms with Crippen molar-refractivity contribution < 1.29 is 22.5 Å². The van der Waals surface area contributed by atoms with Crippen LogP contribution in [0.15, 0.2) is 33.7 Å². The number of aromatic nitrogens is 1. The molecule has 0 aliphatic carbocycles. The van der Waals surface area contributed by atoms with Crippen LogP contribution in [-0.2, 0) is 21.2 Å². The van der Waals surface area contributed by atoms with Gasteiger partial charge in [0.1, 0.15) is 5.76 Å². The first-order valence-corrected chi connectivity index (χ1v) is 9.10. The number of amides is 2. The second-order valence-electron chi connectivity index (χ2n) is 5.80. The predicted molar refractivity (Wildman–Crippen MR) is 92.6 cm³/mol. The van der Waals surface area contributed by atoms with E-state index in [1.165, 1.54) is 38.4 Å². The first-order valence-electron chi connectivity index (χ1n) is 7.66. The number of hydrogen-bond acceptors (Lipinski definition) is 6. The minimum Gasteiger partial charge on any atom is -0.361 e. The Labute approximate surface area is 151 Å². The molecule has 0 unspecified atom stereocenters. The fourth-order valence-electron chi connectivity index (χ4n) is 2.17. The molecule has 1 heterocycles. The summed E-state index contributed by atoms with van der Waals surface area (Å²) in [6, 6.07) is 5.54. The van der Waals surface area contributed by atoms with Crippen LogP contribution >= 0.6 is 0 Å². The molecule has 140 valence electrons. The normalized spacial score (nSPS) is 11.4. The zero-order valence-corrected chi connectivity index (χ0v) is 15.7. The Bertz CT molecular complexity index is 914. The number of aryl methyl sites for hydroxylation is 2. The van der Waals surface area contributed by atoms with Gasteiger partial charge in [0, 0.05) is 25.2 Å². The van der Waals surface area contributed by atoms with Gasteiger partial charge in [0.05, 0.1) is 17.0 Å². The molecule has 9 nitrogen and oxygen atoms in total. The van der Waals surface area contributed by atoms with Crippen LogP contribution in [0.3, 0.4) is 0 Å². The third-order valence-corrected chi connectivity index (χ3v) is 5.52. The molecule has 1 aromatic carbocycles. The van der Waals surface area contributed by atoms with Gasteiger partial charge < -0.3 is 4.52 Å². The molecule has 2 amide bonds. The van der Waals surface area contributed by atoms with E-state index in [1.54, 1.807) is 13.8 Å². The molecule has 0 saturated carbocycles. The van der Waals surface area contributed by atoms with Crippen molar-refractivity contribution in [1.82, 2.24) is 20.3 Å². The van der Waals surface area contributed by atoms with E-state index in [0.717, 1.165) is 4.31 Å². The molecule has 10 heteroatoms. The topological polar surface area (TPSA) is 122 Å². The molecule has 0 spiro atoms. The van der Waals surface area contributed by atoms with Gasteiger partial charge in [-0.25, -0.2) is 12.7 Å². The van der Waals surface area contributed by atoms with Gasteiger partial charge in [-0.1, -0.05) is 11.2 Å². The van der Waals surface area contributed by atoms with E-state index in [0.29, 0.717) is 17.0 Å². The third kappa shape index (κ3) is 4.27. The van der Waals surface area contributed by atoms with Gasteiger partial charge in [-0.2, -0.15) is 0 Å². The maximum Gasteiger partial charge on any atom is 0.269 e. The molecule has 0 bridgehead atoms. The maximum atomic E-state index is 12.2. The lowest BCUT2D eigenvalue weighted by Gasteiger charge is -2.12. The minimum absolute atomic E-state index is 0.00348. The highest BCUT2D eigenvalue weighted by molar-refractivity contribution is 7.89. The van der Waals surface area contributed by atoms with Crippen molar-refractivity contribution in [2.75, 3.05) is 14.1 Å². The average molecular weight is 380 g/mol. The van der Waals surface area contributed by atoms with Gasteiger partial charge >= 0.3 is 0 Å². The van der Waals surface area contributed by atoms with Crippen molar-refractivity contribution in [3.05, 3.63) is 46.8 Å². The van der Waals surface area contributed by atoms with E-state index in [4.69, 9.17) is 4.52 Å². The number of hydrogen-bond donors (Lipinski definition) is 2. The van der Waals surface area contributed by atoms with Crippen LogP contribution in [-0.4, -0.2) is 43.8 Å². The van der Waals surface area contributed by atoms with Crippen LogP contribution in [0.25, 0.3) is 0 Å². The lowest BCUT2D eigenvalue weighted by molar-refractivity contribution is -0.121. The second kappa shape index (κ2) is 7.67. The zero-order chi connectivity index (χ0) is 19.5. The maximum absolute atomic E-state index is 12.2. The summed E-state index contributed by atoms with van der Waals surface area (Å²) in [4.78, 5) is 24.1. The quantitative estimate of drug-likeness (QED) is 0.731. The largest absolute Gasteiger partial charge is 0.361 e. The van der Waals surface area contributed by atoms with Crippen LogP contribution in [0, 0.1) is 13.8 Å². The number of carbonyl (C=O) groups excluding carboxylic acids is 2. The summed E-state index contributed by atoms with van der Waals surface area (Å²) >= 11 is 0. The summed E-state index contributed by atoms with van der Waals surface area (Å²) in [7, 11) is -0.860. The predicted octanol–water partition coefficient (Wildman–Crippen LogP) is 0.545.